The molecule has 0 aliphatic carbocycles. The van der Waals surface area contributed by atoms with Crippen LogP contribution < -0.4 is 5.32 Å². The second-order valence-corrected chi connectivity index (χ2v) is 5.35. The Morgan fingerprint density at radius 2 is 1.79 bits per heavy atom. The minimum Gasteiger partial charge on any atom is -0.324 e. The molecule has 0 saturated heterocycles. The van der Waals surface area contributed by atoms with Crippen LogP contribution in [-0.2, 0) is 17.4 Å². The monoisotopic (exact) mass is 333 g/mol. The molecule has 0 fully saturated rings. The first-order valence-electron chi connectivity index (χ1n) is 7.32. The number of nitrogens with one attached hydrogen (secondary N) is 2. The molecule has 1 amide bonds. The third-order valence-electron chi connectivity index (χ3n) is 3.57. The Balaban J connectivity index is 1.57. The van der Waals surface area contributed by atoms with E-state index < -0.39 is 11.7 Å². The molecule has 124 valence electrons. The molecule has 4 nitrogen and oxygen atoms in total. The summed E-state index contributed by atoms with van der Waals surface area (Å²) in [6, 6.07) is 12.2. The van der Waals surface area contributed by atoms with E-state index >= 15 is 0 Å². The van der Waals surface area contributed by atoms with E-state index in [-0.39, 0.29) is 12.3 Å². The first-order valence-corrected chi connectivity index (χ1v) is 7.32. The number of para-hydroxylation sites is 2. The molecule has 0 unspecified atom stereocenters. The number of hydrogen-bond donors (Lipinski definition) is 2. The van der Waals surface area contributed by atoms with E-state index in [2.05, 4.69) is 15.3 Å². The minimum absolute atomic E-state index is 0.155. The number of imidazole rings is 1. The molecule has 7 heteroatoms. The summed E-state index contributed by atoms with van der Waals surface area (Å²) < 4.78 is 37.5. The highest BCUT2D eigenvalue weighted by Gasteiger charge is 2.29. The van der Waals surface area contributed by atoms with Crippen LogP contribution in [-0.4, -0.2) is 15.9 Å². The molecule has 0 spiro atoms. The number of anilines is 1. The fourth-order valence-electron chi connectivity index (χ4n) is 2.32. The van der Waals surface area contributed by atoms with Crippen molar-refractivity contribution in [1.29, 1.82) is 0 Å². The average Bonchev–Trinajstić information content (AvgIpc) is 2.94. The van der Waals surface area contributed by atoms with Gasteiger partial charge in [-0.2, -0.15) is 13.2 Å². The van der Waals surface area contributed by atoms with Gasteiger partial charge >= 0.3 is 6.18 Å². The van der Waals surface area contributed by atoms with Gasteiger partial charge in [0.15, 0.2) is 0 Å². The molecule has 3 rings (SSSR count). The Hall–Kier alpha value is -2.83. The smallest absolute Gasteiger partial charge is 0.324 e. The number of alkyl halides is 3. The van der Waals surface area contributed by atoms with Crippen LogP contribution in [0.2, 0.25) is 0 Å². The number of aromatic amines is 1. The quantitative estimate of drug-likeness (QED) is 0.753. The van der Waals surface area contributed by atoms with Crippen LogP contribution in [0.4, 0.5) is 19.1 Å². The van der Waals surface area contributed by atoms with Crippen LogP contribution in [0.3, 0.4) is 0 Å². The maximum Gasteiger partial charge on any atom is 0.416 e. The van der Waals surface area contributed by atoms with Gasteiger partial charge < -0.3 is 4.98 Å². The lowest BCUT2D eigenvalue weighted by Crippen LogP contribution is -2.13. The Bertz CT molecular complexity index is 820. The van der Waals surface area contributed by atoms with Crippen molar-refractivity contribution in [3.8, 4) is 0 Å². The standard InChI is InChI=1S/C17H14F3N3O/c18-17(19,20)12-8-5-11(6-9-12)7-10-15(24)23-16-21-13-3-1-2-4-14(13)22-16/h1-6,8-9H,7,10H2,(H2,21,22,23,24). The summed E-state index contributed by atoms with van der Waals surface area (Å²) in [4.78, 5) is 19.2. The van der Waals surface area contributed by atoms with Gasteiger partial charge in [-0.3, -0.25) is 10.1 Å². The maximum atomic E-state index is 12.5. The number of halogens is 3. The lowest BCUT2D eigenvalue weighted by Gasteiger charge is -2.07. The molecule has 24 heavy (non-hydrogen) atoms. The van der Waals surface area contributed by atoms with Crippen molar-refractivity contribution in [3.63, 3.8) is 0 Å². The first-order chi connectivity index (χ1) is 11.4. The average molecular weight is 333 g/mol. The van der Waals surface area contributed by atoms with E-state index in [1.165, 1.54) is 12.1 Å². The zero-order valence-electron chi connectivity index (χ0n) is 12.5. The Morgan fingerprint density at radius 3 is 2.46 bits per heavy atom. The third kappa shape index (κ3) is 3.73. The number of nitrogens with zero attached hydrogens (tertiary/aromatic N) is 1. The van der Waals surface area contributed by atoms with Gasteiger partial charge in [0.25, 0.3) is 0 Å². The fourth-order valence-corrected chi connectivity index (χ4v) is 2.32. The van der Waals surface area contributed by atoms with E-state index in [4.69, 9.17) is 0 Å². The molecule has 0 bridgehead atoms. The molecule has 1 heterocycles. The molecule has 0 radical (unpaired) electrons. The largest absolute Gasteiger partial charge is 0.416 e. The molecule has 2 aromatic carbocycles. The molecular weight excluding hydrogens is 319 g/mol. The molecule has 0 aliphatic rings. The second-order valence-electron chi connectivity index (χ2n) is 5.35. The minimum atomic E-state index is -4.35. The number of fused-ring (bicyclic) bond motifs is 1. The van der Waals surface area contributed by atoms with Crippen molar-refractivity contribution in [3.05, 3.63) is 59.7 Å². The number of hydrogen-bond acceptors (Lipinski definition) is 2. The molecule has 2 N–H and O–H groups in total. The molecular formula is C17H14F3N3O. The molecule has 0 saturated carbocycles. The topological polar surface area (TPSA) is 57.8 Å². The highest BCUT2D eigenvalue weighted by atomic mass is 19.4. The number of rotatable bonds is 4. The maximum absolute atomic E-state index is 12.5. The van der Waals surface area contributed by atoms with Crippen LogP contribution in [0, 0.1) is 0 Å². The Kier molecular flexibility index (Phi) is 4.24. The van der Waals surface area contributed by atoms with Crippen LogP contribution >= 0.6 is 0 Å². The number of carbonyl (C=O) groups excluding carboxylic acids is 1. The lowest BCUT2D eigenvalue weighted by molar-refractivity contribution is -0.137. The molecule has 0 atom stereocenters. The van der Waals surface area contributed by atoms with E-state index in [0.717, 1.165) is 23.2 Å². The predicted molar refractivity (Wildman–Crippen MR) is 84.5 cm³/mol. The van der Waals surface area contributed by atoms with Crippen LogP contribution in [0.15, 0.2) is 48.5 Å². The van der Waals surface area contributed by atoms with Gasteiger partial charge in [0.1, 0.15) is 0 Å². The fraction of sp³-hybridized carbons (Fsp3) is 0.176. The third-order valence-corrected chi connectivity index (χ3v) is 3.57. The molecule has 1 aromatic heterocycles. The van der Waals surface area contributed by atoms with Gasteiger partial charge in [0.05, 0.1) is 16.6 Å². The number of aryl methyl sites for hydroxylation is 1. The van der Waals surface area contributed by atoms with Crippen molar-refractivity contribution < 1.29 is 18.0 Å². The summed E-state index contributed by atoms with van der Waals surface area (Å²) in [6.45, 7) is 0. The van der Waals surface area contributed by atoms with Gasteiger partial charge in [-0.05, 0) is 36.2 Å². The summed E-state index contributed by atoms with van der Waals surface area (Å²) >= 11 is 0. The van der Waals surface area contributed by atoms with Crippen molar-refractivity contribution in [1.82, 2.24) is 9.97 Å². The predicted octanol–water partition coefficient (Wildman–Crippen LogP) is 4.15. The van der Waals surface area contributed by atoms with E-state index in [1.54, 1.807) is 0 Å². The van der Waals surface area contributed by atoms with Gasteiger partial charge in [-0.15, -0.1) is 0 Å². The highest BCUT2D eigenvalue weighted by Crippen LogP contribution is 2.29. The summed E-state index contributed by atoms with van der Waals surface area (Å²) in [7, 11) is 0. The zero-order valence-corrected chi connectivity index (χ0v) is 12.5. The number of aromatic nitrogens is 2. The number of carbonyl (C=O) groups is 1. The van der Waals surface area contributed by atoms with Gasteiger partial charge in [0, 0.05) is 6.42 Å². The SMILES string of the molecule is O=C(CCc1ccc(C(F)(F)F)cc1)Nc1nc2ccccc2[nH]1. The van der Waals surface area contributed by atoms with Gasteiger partial charge in [-0.25, -0.2) is 4.98 Å². The number of amides is 1. The van der Waals surface area contributed by atoms with Crippen molar-refractivity contribution >= 4 is 22.9 Å². The molecule has 0 aliphatic heterocycles. The highest BCUT2D eigenvalue weighted by molar-refractivity contribution is 5.91. The first kappa shape index (κ1) is 16.0. The van der Waals surface area contributed by atoms with E-state index in [0.29, 0.717) is 17.9 Å². The summed E-state index contributed by atoms with van der Waals surface area (Å²) in [5, 5.41) is 2.65. The van der Waals surface area contributed by atoms with Crippen LogP contribution in [0.25, 0.3) is 11.0 Å². The summed E-state index contributed by atoms with van der Waals surface area (Å²) in [5.74, 6) is 0.0996. The Labute approximate surface area is 135 Å². The van der Waals surface area contributed by atoms with Crippen molar-refractivity contribution in [2.75, 3.05) is 5.32 Å². The van der Waals surface area contributed by atoms with Crippen LogP contribution in [0.5, 0.6) is 0 Å². The second kappa shape index (κ2) is 6.35. The number of H-pyrrole nitrogens is 1. The van der Waals surface area contributed by atoms with E-state index in [9.17, 15) is 18.0 Å². The normalized spacial score (nSPS) is 11.6. The van der Waals surface area contributed by atoms with Gasteiger partial charge in [0.2, 0.25) is 11.9 Å². The summed E-state index contributed by atoms with van der Waals surface area (Å²) in [6.07, 6.45) is -3.84. The van der Waals surface area contributed by atoms with Crippen LogP contribution in [0.1, 0.15) is 17.5 Å². The van der Waals surface area contributed by atoms with Crippen molar-refractivity contribution in [2.24, 2.45) is 0 Å². The number of benzene rings is 2. The summed E-state index contributed by atoms with van der Waals surface area (Å²) in [5.41, 5.74) is 1.53. The van der Waals surface area contributed by atoms with E-state index in [1.807, 2.05) is 24.3 Å². The van der Waals surface area contributed by atoms with Crippen molar-refractivity contribution in [2.45, 2.75) is 19.0 Å². The zero-order chi connectivity index (χ0) is 17.2. The molecule has 3 aromatic rings. The lowest BCUT2D eigenvalue weighted by atomic mass is 10.1. The van der Waals surface area contributed by atoms with Gasteiger partial charge in [-0.1, -0.05) is 24.3 Å². The Morgan fingerprint density at radius 1 is 1.08 bits per heavy atom.